The summed E-state index contributed by atoms with van der Waals surface area (Å²) >= 11 is 0. The maximum Gasteiger partial charge on any atom is 0.433 e. The number of rotatable bonds is 9. The molecule has 1 aromatic heterocycles. The number of nitrogens with zero attached hydrogens (tertiary/aromatic N) is 1. The van der Waals surface area contributed by atoms with Crippen LogP contribution in [0, 0.1) is 10.1 Å². The predicted molar refractivity (Wildman–Crippen MR) is 59.6 cm³/mol. The average molecular weight is 241 g/mol. The smallest absolute Gasteiger partial charge is 0.433 e. The molecular weight excluding hydrogens is 226 g/mol. The van der Waals surface area contributed by atoms with Gasteiger partial charge in [-0.25, -0.2) is 0 Å². The van der Waals surface area contributed by atoms with Gasteiger partial charge in [-0.2, -0.15) is 0 Å². The van der Waals surface area contributed by atoms with Gasteiger partial charge in [0.15, 0.2) is 0 Å². The van der Waals surface area contributed by atoms with Crippen LogP contribution in [0.15, 0.2) is 16.5 Å². The molecule has 0 atom stereocenters. The monoisotopic (exact) mass is 241 g/mol. The summed E-state index contributed by atoms with van der Waals surface area (Å²) in [5.74, 6) is 0.431. The maximum absolute atomic E-state index is 10.4. The van der Waals surface area contributed by atoms with Crippen molar-refractivity contribution in [1.29, 1.82) is 0 Å². The second kappa shape index (κ2) is 7.43. The lowest BCUT2D eigenvalue weighted by molar-refractivity contribution is -0.402. The van der Waals surface area contributed by atoms with Crippen LogP contribution in [-0.4, -0.2) is 18.0 Å². The van der Waals surface area contributed by atoms with Crippen LogP contribution in [0.1, 0.15) is 31.4 Å². The van der Waals surface area contributed by atoms with Gasteiger partial charge >= 0.3 is 5.88 Å². The Kier molecular flexibility index (Phi) is 5.77. The van der Waals surface area contributed by atoms with Crippen molar-refractivity contribution in [3.05, 3.63) is 28.0 Å². The first-order valence-electron chi connectivity index (χ1n) is 5.52. The van der Waals surface area contributed by atoms with Gasteiger partial charge in [0.25, 0.3) is 6.47 Å². The van der Waals surface area contributed by atoms with Crippen LogP contribution in [0.2, 0.25) is 0 Å². The molecule has 0 saturated heterocycles. The summed E-state index contributed by atoms with van der Waals surface area (Å²) in [4.78, 5) is 19.7. The average Bonchev–Trinajstić information content (AvgIpc) is 2.77. The van der Waals surface area contributed by atoms with Crippen molar-refractivity contribution in [2.24, 2.45) is 0 Å². The Morgan fingerprint density at radius 3 is 2.71 bits per heavy atom. The van der Waals surface area contributed by atoms with E-state index < -0.39 is 4.92 Å². The minimum Gasteiger partial charge on any atom is -0.468 e. The van der Waals surface area contributed by atoms with Crippen LogP contribution in [0.25, 0.3) is 0 Å². The topological polar surface area (TPSA) is 82.6 Å². The lowest BCUT2D eigenvalue weighted by atomic mass is 10.1. The number of unbranched alkanes of at least 4 members (excludes halogenated alkanes) is 3. The summed E-state index contributed by atoms with van der Waals surface area (Å²) in [6, 6.07) is 3.00. The van der Waals surface area contributed by atoms with Gasteiger partial charge in [0.2, 0.25) is 0 Å². The normalized spacial score (nSPS) is 10.1. The molecule has 17 heavy (non-hydrogen) atoms. The summed E-state index contributed by atoms with van der Waals surface area (Å²) in [6.07, 6.45) is 4.40. The van der Waals surface area contributed by atoms with Gasteiger partial charge in [-0.1, -0.05) is 12.8 Å². The first-order chi connectivity index (χ1) is 8.24. The Morgan fingerprint density at radius 1 is 1.29 bits per heavy atom. The highest BCUT2D eigenvalue weighted by Crippen LogP contribution is 2.17. The lowest BCUT2D eigenvalue weighted by Gasteiger charge is -1.99. The largest absolute Gasteiger partial charge is 0.468 e. The Labute approximate surface area is 98.7 Å². The van der Waals surface area contributed by atoms with E-state index in [1.165, 1.54) is 6.07 Å². The Bertz CT molecular complexity index is 360. The molecule has 0 saturated carbocycles. The number of ether oxygens (including phenoxy) is 1. The highest BCUT2D eigenvalue weighted by Gasteiger charge is 2.10. The third-order valence-corrected chi connectivity index (χ3v) is 2.33. The third kappa shape index (κ3) is 5.14. The van der Waals surface area contributed by atoms with Crippen LogP contribution in [0.4, 0.5) is 5.88 Å². The molecule has 1 aromatic rings. The second-order valence-electron chi connectivity index (χ2n) is 3.63. The molecule has 0 spiro atoms. The van der Waals surface area contributed by atoms with E-state index in [9.17, 15) is 14.9 Å². The van der Waals surface area contributed by atoms with E-state index in [4.69, 9.17) is 4.42 Å². The molecule has 0 aromatic carbocycles. The van der Waals surface area contributed by atoms with E-state index in [1.807, 2.05) is 0 Å². The van der Waals surface area contributed by atoms with Crippen molar-refractivity contribution in [2.45, 2.75) is 32.1 Å². The van der Waals surface area contributed by atoms with Gasteiger partial charge in [0, 0.05) is 6.42 Å². The fraction of sp³-hybridized carbons (Fsp3) is 0.545. The molecule has 1 heterocycles. The maximum atomic E-state index is 10.4. The molecule has 6 nitrogen and oxygen atoms in total. The summed E-state index contributed by atoms with van der Waals surface area (Å²) in [5.41, 5.74) is 0. The van der Waals surface area contributed by atoms with E-state index >= 15 is 0 Å². The minimum atomic E-state index is -0.541. The van der Waals surface area contributed by atoms with Crippen molar-refractivity contribution >= 4 is 12.4 Å². The van der Waals surface area contributed by atoms with Crippen molar-refractivity contribution in [3.63, 3.8) is 0 Å². The van der Waals surface area contributed by atoms with Crippen molar-refractivity contribution in [3.8, 4) is 0 Å². The van der Waals surface area contributed by atoms with Crippen LogP contribution < -0.4 is 0 Å². The molecule has 0 aliphatic rings. The lowest BCUT2D eigenvalue weighted by Crippen LogP contribution is -1.91. The summed E-state index contributed by atoms with van der Waals surface area (Å²) in [6.45, 7) is 0.901. The van der Waals surface area contributed by atoms with Crippen molar-refractivity contribution in [1.82, 2.24) is 0 Å². The van der Waals surface area contributed by atoms with Crippen LogP contribution >= 0.6 is 0 Å². The zero-order valence-corrected chi connectivity index (χ0v) is 9.46. The zero-order valence-electron chi connectivity index (χ0n) is 9.46. The van der Waals surface area contributed by atoms with Gasteiger partial charge < -0.3 is 9.15 Å². The van der Waals surface area contributed by atoms with Gasteiger partial charge in [0.1, 0.15) is 10.7 Å². The fourth-order valence-electron chi connectivity index (χ4n) is 1.49. The van der Waals surface area contributed by atoms with Gasteiger partial charge in [-0.3, -0.25) is 14.9 Å². The second-order valence-corrected chi connectivity index (χ2v) is 3.63. The molecule has 0 N–H and O–H groups in total. The number of hydrogen-bond acceptors (Lipinski definition) is 5. The number of carbonyl (C=O) groups is 1. The molecule has 0 radical (unpaired) electrons. The standard InChI is InChI=1S/C11H15NO5/c13-9-16-8-4-2-1-3-5-10-6-7-11(17-10)12(14)15/h6-7,9H,1-5,8H2. The highest BCUT2D eigenvalue weighted by molar-refractivity contribution is 5.36. The van der Waals surface area contributed by atoms with Gasteiger partial charge in [-0.05, 0) is 18.9 Å². The number of nitro groups is 1. The molecule has 6 heteroatoms. The first-order valence-corrected chi connectivity index (χ1v) is 5.52. The Balaban J connectivity index is 2.09. The van der Waals surface area contributed by atoms with Gasteiger partial charge in [-0.15, -0.1) is 0 Å². The van der Waals surface area contributed by atoms with Crippen molar-refractivity contribution in [2.75, 3.05) is 6.61 Å². The number of furan rings is 1. The zero-order chi connectivity index (χ0) is 12.5. The number of aryl methyl sites for hydroxylation is 1. The Morgan fingerprint density at radius 2 is 2.06 bits per heavy atom. The van der Waals surface area contributed by atoms with Crippen LogP contribution in [0.3, 0.4) is 0 Å². The van der Waals surface area contributed by atoms with E-state index in [-0.39, 0.29) is 5.88 Å². The van der Waals surface area contributed by atoms with Crippen molar-refractivity contribution < 1.29 is 18.9 Å². The molecule has 0 aliphatic carbocycles. The first kappa shape index (κ1) is 13.2. The van der Waals surface area contributed by atoms with E-state index in [0.717, 1.165) is 25.7 Å². The molecule has 0 fully saturated rings. The van der Waals surface area contributed by atoms with Crippen LogP contribution in [0.5, 0.6) is 0 Å². The molecular formula is C11H15NO5. The SMILES string of the molecule is O=COCCCCCCc1ccc([N+](=O)[O-])o1. The molecule has 1 rings (SSSR count). The van der Waals surface area contributed by atoms with Gasteiger partial charge in [0.05, 0.1) is 12.7 Å². The summed E-state index contributed by atoms with van der Waals surface area (Å²) in [7, 11) is 0. The minimum absolute atomic E-state index is 0.209. The van der Waals surface area contributed by atoms with E-state index in [1.54, 1.807) is 6.07 Å². The predicted octanol–water partition coefficient (Wildman–Crippen LogP) is 2.46. The fourth-order valence-corrected chi connectivity index (χ4v) is 1.49. The molecule has 0 amide bonds. The molecule has 0 bridgehead atoms. The van der Waals surface area contributed by atoms with E-state index in [0.29, 0.717) is 25.3 Å². The van der Waals surface area contributed by atoms with Crippen LogP contribution in [-0.2, 0) is 16.0 Å². The summed E-state index contributed by atoms with van der Waals surface area (Å²) in [5, 5.41) is 10.4. The molecule has 0 aliphatic heterocycles. The Hall–Kier alpha value is -1.85. The quantitative estimate of drug-likeness (QED) is 0.287. The van der Waals surface area contributed by atoms with E-state index in [2.05, 4.69) is 4.74 Å². The summed E-state index contributed by atoms with van der Waals surface area (Å²) < 4.78 is 9.57. The number of carbonyl (C=O) groups excluding carboxylic acids is 1. The molecule has 0 unspecified atom stereocenters. The molecule has 94 valence electrons. The number of hydrogen-bond donors (Lipinski definition) is 0. The highest BCUT2D eigenvalue weighted by atomic mass is 16.6. The third-order valence-electron chi connectivity index (χ3n) is 2.33.